The molecule has 0 fully saturated rings. The Labute approximate surface area is 185 Å². The fourth-order valence-corrected chi connectivity index (χ4v) is 4.71. The van der Waals surface area contributed by atoms with Crippen molar-refractivity contribution < 1.29 is 13.9 Å². The van der Waals surface area contributed by atoms with E-state index in [0.717, 1.165) is 44.8 Å². The Kier molecular flexibility index (Phi) is 4.89. The van der Waals surface area contributed by atoms with Gasteiger partial charge in [0, 0.05) is 38.1 Å². The van der Waals surface area contributed by atoms with Gasteiger partial charge in [0.1, 0.15) is 12.4 Å². The highest BCUT2D eigenvalue weighted by molar-refractivity contribution is 6.01. The van der Waals surface area contributed by atoms with E-state index >= 15 is 0 Å². The number of amides is 1. The number of benzene rings is 2. The molecule has 166 valence electrons. The van der Waals surface area contributed by atoms with Gasteiger partial charge < -0.3 is 24.5 Å². The first-order valence-corrected chi connectivity index (χ1v) is 10.7. The summed E-state index contributed by atoms with van der Waals surface area (Å²) in [5, 5.41) is 1.07. The van der Waals surface area contributed by atoms with Gasteiger partial charge in [0.05, 0.1) is 35.4 Å². The van der Waals surface area contributed by atoms with Crippen molar-refractivity contribution in [2.75, 3.05) is 26.9 Å². The molecule has 0 radical (unpaired) electrons. The van der Waals surface area contributed by atoms with Crippen molar-refractivity contribution in [1.29, 1.82) is 0 Å². The Bertz CT molecular complexity index is 1360. The van der Waals surface area contributed by atoms with Crippen LogP contribution in [-0.4, -0.2) is 57.8 Å². The molecule has 2 aromatic carbocycles. The second kappa shape index (κ2) is 7.63. The molecule has 4 aromatic rings. The van der Waals surface area contributed by atoms with Gasteiger partial charge >= 0.3 is 0 Å². The first-order chi connectivity index (χ1) is 15.4. The van der Waals surface area contributed by atoms with Crippen molar-refractivity contribution in [3.05, 3.63) is 47.5 Å². The van der Waals surface area contributed by atoms with Gasteiger partial charge in [0.2, 0.25) is 0 Å². The fourth-order valence-electron chi connectivity index (χ4n) is 4.71. The monoisotopic (exact) mass is 435 g/mol. The van der Waals surface area contributed by atoms with E-state index < -0.39 is 12.7 Å². The summed E-state index contributed by atoms with van der Waals surface area (Å²) in [6, 6.07) is 11.3. The highest BCUT2D eigenvalue weighted by Crippen LogP contribution is 2.34. The van der Waals surface area contributed by atoms with E-state index in [1.54, 1.807) is 12.0 Å². The molecule has 5 rings (SSSR count). The average molecular weight is 436 g/mol. The van der Waals surface area contributed by atoms with E-state index in [2.05, 4.69) is 27.3 Å². The number of methoxy groups -OCH3 is 1. The number of aromatic nitrogens is 3. The predicted octanol–water partition coefficient (Wildman–Crippen LogP) is 3.04. The van der Waals surface area contributed by atoms with Gasteiger partial charge in [-0.2, -0.15) is 0 Å². The highest BCUT2D eigenvalue weighted by Gasteiger charge is 2.27. The fraction of sp³-hybridized carbons (Fsp3) is 0.333. The summed E-state index contributed by atoms with van der Waals surface area (Å²) in [6.45, 7) is 0.117. The Morgan fingerprint density at radius 3 is 2.78 bits per heavy atom. The molecule has 2 N–H and O–H groups in total. The van der Waals surface area contributed by atoms with E-state index in [1.165, 1.54) is 0 Å². The maximum absolute atomic E-state index is 13.0. The van der Waals surface area contributed by atoms with Crippen LogP contribution in [0.4, 0.5) is 4.39 Å². The third kappa shape index (κ3) is 3.05. The number of rotatable bonds is 5. The molecule has 7 nitrogen and oxygen atoms in total. The van der Waals surface area contributed by atoms with Crippen LogP contribution in [0.1, 0.15) is 15.9 Å². The van der Waals surface area contributed by atoms with E-state index in [-0.39, 0.29) is 12.5 Å². The zero-order chi connectivity index (χ0) is 22.6. The van der Waals surface area contributed by atoms with Crippen LogP contribution in [0.2, 0.25) is 0 Å². The number of hydrogen-bond acceptors (Lipinski definition) is 4. The number of nitrogens with two attached hydrogens (primary N) is 1. The Morgan fingerprint density at radius 2 is 2.03 bits per heavy atom. The van der Waals surface area contributed by atoms with Crippen LogP contribution in [0, 0.1) is 0 Å². The molecule has 0 spiro atoms. The molecule has 1 aliphatic heterocycles. The molecule has 3 heterocycles. The summed E-state index contributed by atoms with van der Waals surface area (Å²) < 4.78 is 22.5. The summed E-state index contributed by atoms with van der Waals surface area (Å²) in [4.78, 5) is 19.5. The van der Waals surface area contributed by atoms with E-state index in [4.69, 9.17) is 15.5 Å². The average Bonchev–Trinajstić information content (AvgIpc) is 3.31. The van der Waals surface area contributed by atoms with Crippen LogP contribution in [0.5, 0.6) is 5.75 Å². The maximum atomic E-state index is 13.0. The molecule has 2 aromatic heterocycles. The summed E-state index contributed by atoms with van der Waals surface area (Å²) in [5.74, 6) is 1.51. The Hall–Kier alpha value is -3.39. The number of aryl methyl sites for hydroxylation is 2. The van der Waals surface area contributed by atoms with Gasteiger partial charge in [0.15, 0.2) is 5.82 Å². The molecule has 1 unspecified atom stereocenters. The molecule has 0 saturated carbocycles. The minimum Gasteiger partial charge on any atom is -0.495 e. The summed E-state index contributed by atoms with van der Waals surface area (Å²) in [7, 11) is 5.66. The van der Waals surface area contributed by atoms with Gasteiger partial charge in [-0.1, -0.05) is 12.1 Å². The number of ether oxygens (including phenoxy) is 1. The van der Waals surface area contributed by atoms with Gasteiger partial charge in [-0.25, -0.2) is 9.37 Å². The van der Waals surface area contributed by atoms with Crippen molar-refractivity contribution in [3.8, 4) is 17.3 Å². The highest BCUT2D eigenvalue weighted by atomic mass is 19.1. The number of nitrogens with zero attached hydrogens (tertiary/aromatic N) is 4. The van der Waals surface area contributed by atoms with Crippen molar-refractivity contribution >= 4 is 27.8 Å². The van der Waals surface area contributed by atoms with Gasteiger partial charge in [-0.15, -0.1) is 0 Å². The Morgan fingerprint density at radius 1 is 1.22 bits per heavy atom. The van der Waals surface area contributed by atoms with Crippen LogP contribution in [0.3, 0.4) is 0 Å². The van der Waals surface area contributed by atoms with Crippen molar-refractivity contribution in [2.24, 2.45) is 19.8 Å². The van der Waals surface area contributed by atoms with Crippen LogP contribution in [-0.2, 0) is 20.5 Å². The number of fused-ring (bicyclic) bond motifs is 3. The summed E-state index contributed by atoms with van der Waals surface area (Å²) in [6.07, 6.45) is 0.710. The van der Waals surface area contributed by atoms with Crippen molar-refractivity contribution in [1.82, 2.24) is 19.0 Å². The quantitative estimate of drug-likeness (QED) is 0.523. The summed E-state index contributed by atoms with van der Waals surface area (Å²) in [5.41, 5.74) is 11.0. The van der Waals surface area contributed by atoms with E-state index in [9.17, 15) is 9.18 Å². The van der Waals surface area contributed by atoms with Crippen molar-refractivity contribution in [3.63, 3.8) is 0 Å². The molecule has 32 heavy (non-hydrogen) atoms. The third-order valence-corrected chi connectivity index (χ3v) is 6.40. The molecule has 8 heteroatoms. The normalized spacial score (nSPS) is 14.9. The summed E-state index contributed by atoms with van der Waals surface area (Å²) >= 11 is 0. The van der Waals surface area contributed by atoms with E-state index in [1.807, 2.05) is 32.3 Å². The zero-order valence-electron chi connectivity index (χ0n) is 18.4. The van der Waals surface area contributed by atoms with Gasteiger partial charge in [-0.05, 0) is 36.2 Å². The number of alkyl halides is 1. The zero-order valence-corrected chi connectivity index (χ0v) is 18.4. The number of carbonyl (C=O) groups excluding carboxylic acids is 1. The number of para-hydroxylation sites is 1. The smallest absolute Gasteiger partial charge is 0.254 e. The first kappa shape index (κ1) is 20.5. The molecule has 1 aliphatic rings. The molecular weight excluding hydrogens is 409 g/mol. The van der Waals surface area contributed by atoms with Crippen LogP contribution >= 0.6 is 0 Å². The third-order valence-electron chi connectivity index (χ3n) is 6.40. The lowest BCUT2D eigenvalue weighted by molar-refractivity contribution is 0.0725. The standard InChI is InChI=1S/C24H26FN5O2/c1-28-20(10-15-5-4-6-21(32-3)22(15)28)23-27-18-11-17-14(9-19(18)29(23)2)7-8-30(24(17)31)13-16(26)12-25/h4-6,9-11,16H,7-8,12-13,26H2,1-3H3. The molecule has 0 aliphatic carbocycles. The molecule has 1 atom stereocenters. The molecule has 0 bridgehead atoms. The first-order valence-electron chi connectivity index (χ1n) is 10.7. The SMILES string of the molecule is COc1cccc2cc(-c3nc4cc5c(cc4n3C)CCN(CC(N)CF)C5=O)n(C)c12. The largest absolute Gasteiger partial charge is 0.495 e. The molecule has 0 saturated heterocycles. The van der Waals surface area contributed by atoms with Crippen LogP contribution in [0.25, 0.3) is 33.5 Å². The maximum Gasteiger partial charge on any atom is 0.254 e. The minimum atomic E-state index is -0.658. The second-order valence-electron chi connectivity index (χ2n) is 8.39. The molecular formula is C24H26FN5O2. The number of imidazole rings is 1. The minimum absolute atomic E-state index is 0.112. The molecule has 1 amide bonds. The second-order valence-corrected chi connectivity index (χ2v) is 8.39. The van der Waals surface area contributed by atoms with Crippen molar-refractivity contribution in [2.45, 2.75) is 12.5 Å². The number of carbonyl (C=O) groups is 1. The van der Waals surface area contributed by atoms with Gasteiger partial charge in [-0.3, -0.25) is 4.79 Å². The van der Waals surface area contributed by atoms with E-state index in [0.29, 0.717) is 18.5 Å². The number of halogens is 1. The predicted molar refractivity (Wildman–Crippen MR) is 123 cm³/mol. The Balaban J connectivity index is 1.61. The lowest BCUT2D eigenvalue weighted by atomic mass is 9.97. The van der Waals surface area contributed by atoms with Crippen LogP contribution in [0.15, 0.2) is 36.4 Å². The number of hydrogen-bond donors (Lipinski definition) is 1. The topological polar surface area (TPSA) is 78.3 Å². The van der Waals surface area contributed by atoms with Gasteiger partial charge in [0.25, 0.3) is 5.91 Å². The van der Waals surface area contributed by atoms with Crippen LogP contribution < -0.4 is 10.5 Å². The lowest BCUT2D eigenvalue weighted by Gasteiger charge is -2.30. The lowest BCUT2D eigenvalue weighted by Crippen LogP contribution is -2.45.